The minimum Gasteiger partial charge on any atom is -0.497 e. The Morgan fingerprint density at radius 2 is 1.73 bits per heavy atom. The summed E-state index contributed by atoms with van der Waals surface area (Å²) >= 11 is 0.454. The van der Waals surface area contributed by atoms with Gasteiger partial charge in [0.1, 0.15) is 5.75 Å². The lowest BCUT2D eigenvalue weighted by Gasteiger charge is -2.43. The molecule has 1 fully saturated rings. The van der Waals surface area contributed by atoms with Crippen molar-refractivity contribution in [2.45, 2.75) is 11.0 Å². The zero-order valence-electron chi connectivity index (χ0n) is 13.7. The quantitative estimate of drug-likeness (QED) is 0.828. The lowest BCUT2D eigenvalue weighted by atomic mass is 10.1. The molecule has 136 valence electrons. The molecule has 1 saturated heterocycles. The predicted molar refractivity (Wildman–Crippen MR) is 94.9 cm³/mol. The Balaban J connectivity index is 2.00. The van der Waals surface area contributed by atoms with Gasteiger partial charge in [-0.05, 0) is 29.8 Å². The molecule has 1 atom stereocenters. The molecule has 1 N–H and O–H groups in total. The normalized spacial score (nSPS) is 20.7. The van der Waals surface area contributed by atoms with Gasteiger partial charge in [0, 0.05) is 0 Å². The third-order valence-electron chi connectivity index (χ3n) is 3.92. The number of benzene rings is 2. The molecule has 0 saturated carbocycles. The summed E-state index contributed by atoms with van der Waals surface area (Å²) in [6.45, 7) is 3.70. The van der Waals surface area contributed by atoms with E-state index in [4.69, 9.17) is 4.74 Å². The van der Waals surface area contributed by atoms with Gasteiger partial charge in [0.25, 0.3) is 0 Å². The molecule has 3 rings (SSSR count). The number of rotatable bonds is 3. The fourth-order valence-corrected chi connectivity index (χ4v) is 3.80. The van der Waals surface area contributed by atoms with Gasteiger partial charge in [0.2, 0.25) is 4.87 Å². The maximum absolute atomic E-state index is 13.9. The Kier molecular flexibility index (Phi) is 4.62. The number of nitrogens with zero attached hydrogens (tertiary/aromatic N) is 1. The highest BCUT2D eigenvalue weighted by Crippen LogP contribution is 2.53. The maximum atomic E-state index is 13.9. The van der Waals surface area contributed by atoms with Crippen LogP contribution in [0.5, 0.6) is 5.75 Å². The van der Waals surface area contributed by atoms with Crippen molar-refractivity contribution in [2.24, 2.45) is 0 Å². The van der Waals surface area contributed by atoms with E-state index in [-0.39, 0.29) is 10.6 Å². The first-order chi connectivity index (χ1) is 12.3. The lowest BCUT2D eigenvalue weighted by molar-refractivity contribution is -0.167. The van der Waals surface area contributed by atoms with Gasteiger partial charge >= 0.3 is 12.2 Å². The summed E-state index contributed by atoms with van der Waals surface area (Å²) in [5, 5.41) is 2.10. The van der Waals surface area contributed by atoms with Crippen molar-refractivity contribution in [2.75, 3.05) is 12.0 Å². The Morgan fingerprint density at radius 3 is 2.23 bits per heavy atom. The highest BCUT2D eigenvalue weighted by atomic mass is 32.2. The van der Waals surface area contributed by atoms with Crippen LogP contribution in [0.4, 0.5) is 23.7 Å². The minimum atomic E-state index is -4.72. The maximum Gasteiger partial charge on any atom is 0.425 e. The molecule has 2 aromatic rings. The molecule has 0 radical (unpaired) electrons. The van der Waals surface area contributed by atoms with Crippen LogP contribution in [0.25, 0.3) is 0 Å². The van der Waals surface area contributed by atoms with Crippen molar-refractivity contribution >= 4 is 23.5 Å². The van der Waals surface area contributed by atoms with Gasteiger partial charge in [0.15, 0.2) is 0 Å². The first kappa shape index (κ1) is 18.2. The van der Waals surface area contributed by atoms with Crippen molar-refractivity contribution < 1.29 is 22.7 Å². The van der Waals surface area contributed by atoms with Crippen LogP contribution >= 0.6 is 11.8 Å². The number of anilines is 1. The number of carbonyl (C=O) groups excluding carboxylic acids is 1. The average Bonchev–Trinajstić information content (AvgIpc) is 2.61. The number of carbonyl (C=O) groups is 1. The molecular weight excluding hydrogens is 365 g/mol. The van der Waals surface area contributed by atoms with Gasteiger partial charge in [0.05, 0.1) is 17.8 Å². The van der Waals surface area contributed by atoms with E-state index in [1.165, 1.54) is 31.4 Å². The molecule has 1 aliphatic heterocycles. The van der Waals surface area contributed by atoms with E-state index in [0.717, 1.165) is 4.90 Å². The van der Waals surface area contributed by atoms with Crippen LogP contribution in [0, 0.1) is 0 Å². The van der Waals surface area contributed by atoms with Crippen LogP contribution in [0.3, 0.4) is 0 Å². The second-order valence-corrected chi connectivity index (χ2v) is 6.79. The summed E-state index contributed by atoms with van der Waals surface area (Å²) in [4.78, 5) is 11.1. The van der Waals surface area contributed by atoms with E-state index in [9.17, 15) is 18.0 Å². The monoisotopic (exact) mass is 380 g/mol. The molecule has 2 aromatic carbocycles. The minimum absolute atomic E-state index is 0.0277. The van der Waals surface area contributed by atoms with Crippen LogP contribution in [-0.4, -0.2) is 19.3 Å². The molecule has 0 aromatic heterocycles. The molecule has 0 unspecified atom stereocenters. The Bertz CT molecular complexity index is 805. The summed E-state index contributed by atoms with van der Waals surface area (Å²) in [5.41, 5.74) is 0.325. The Labute approximate surface area is 152 Å². The molecule has 8 heteroatoms. The van der Waals surface area contributed by atoms with Crippen LogP contribution < -0.4 is 15.0 Å². The van der Waals surface area contributed by atoms with E-state index in [1.54, 1.807) is 30.3 Å². The summed E-state index contributed by atoms with van der Waals surface area (Å²) in [6, 6.07) is 12.7. The van der Waals surface area contributed by atoms with Gasteiger partial charge in [-0.1, -0.05) is 48.7 Å². The second kappa shape index (κ2) is 6.60. The van der Waals surface area contributed by atoms with E-state index >= 15 is 0 Å². The number of methoxy groups -OCH3 is 1. The van der Waals surface area contributed by atoms with Gasteiger partial charge in [-0.25, -0.2) is 4.79 Å². The van der Waals surface area contributed by atoms with Crippen LogP contribution in [0.1, 0.15) is 5.56 Å². The van der Waals surface area contributed by atoms with Crippen molar-refractivity contribution in [1.82, 2.24) is 5.32 Å². The fourth-order valence-electron chi connectivity index (χ4n) is 2.66. The van der Waals surface area contributed by atoms with Gasteiger partial charge in [-0.3, -0.25) is 4.90 Å². The van der Waals surface area contributed by atoms with Gasteiger partial charge < -0.3 is 10.1 Å². The third kappa shape index (κ3) is 3.01. The van der Waals surface area contributed by atoms with E-state index in [2.05, 4.69) is 11.9 Å². The number of hydrogen-bond donors (Lipinski definition) is 1. The first-order valence-corrected chi connectivity index (χ1v) is 8.36. The Hall–Kier alpha value is -2.61. The first-order valence-electron chi connectivity index (χ1n) is 7.55. The van der Waals surface area contributed by atoms with Crippen LogP contribution in [0.2, 0.25) is 0 Å². The molecule has 0 spiro atoms. The smallest absolute Gasteiger partial charge is 0.425 e. The summed E-state index contributed by atoms with van der Waals surface area (Å²) in [7, 11) is 1.49. The van der Waals surface area contributed by atoms with Crippen LogP contribution in [-0.2, 0) is 4.87 Å². The van der Waals surface area contributed by atoms with Crippen molar-refractivity contribution in [1.29, 1.82) is 0 Å². The topological polar surface area (TPSA) is 41.6 Å². The van der Waals surface area contributed by atoms with Crippen molar-refractivity contribution in [3.8, 4) is 5.75 Å². The van der Waals surface area contributed by atoms with Gasteiger partial charge in [-0.15, -0.1) is 0 Å². The summed E-state index contributed by atoms with van der Waals surface area (Å²) < 4.78 is 46.9. The van der Waals surface area contributed by atoms with Crippen LogP contribution in [0.15, 0.2) is 66.2 Å². The highest BCUT2D eigenvalue weighted by molar-refractivity contribution is 8.04. The molecule has 2 amide bonds. The lowest BCUT2D eigenvalue weighted by Crippen LogP contribution is -2.60. The SMILES string of the molecule is C=C1S[C@@](c2ccccc2)(C(F)(F)F)NC(=O)N1c1ccc(OC)cc1. The second-order valence-electron chi connectivity index (χ2n) is 5.50. The number of alkyl halides is 3. The van der Waals surface area contributed by atoms with E-state index in [0.29, 0.717) is 23.2 Å². The van der Waals surface area contributed by atoms with Crippen molar-refractivity contribution in [3.63, 3.8) is 0 Å². The molecule has 4 nitrogen and oxygen atoms in total. The zero-order valence-corrected chi connectivity index (χ0v) is 14.5. The molecular formula is C18H15F3N2O2S. The number of amides is 2. The molecule has 1 heterocycles. The average molecular weight is 380 g/mol. The molecule has 1 aliphatic rings. The number of halogens is 3. The molecule has 0 bridgehead atoms. The fraction of sp³-hybridized carbons (Fsp3) is 0.167. The van der Waals surface area contributed by atoms with E-state index < -0.39 is 17.1 Å². The summed E-state index contributed by atoms with van der Waals surface area (Å²) in [6.07, 6.45) is -4.72. The van der Waals surface area contributed by atoms with E-state index in [1.807, 2.05) is 0 Å². The third-order valence-corrected chi connectivity index (χ3v) is 5.21. The standard InChI is InChI=1S/C18H15F3N2O2S/c1-12-23(14-8-10-15(25-2)11-9-14)16(24)22-17(26-12,18(19,20)21)13-6-4-3-5-7-13/h3-11H,1H2,2H3,(H,22,24)/t17-/m0/s1. The number of urea groups is 1. The number of hydrogen-bond acceptors (Lipinski definition) is 3. The number of ether oxygens (including phenoxy) is 1. The number of thioether (sulfide) groups is 1. The zero-order chi connectivity index (χ0) is 18.9. The van der Waals surface area contributed by atoms with Gasteiger partial charge in [-0.2, -0.15) is 13.2 Å². The Morgan fingerprint density at radius 1 is 1.12 bits per heavy atom. The predicted octanol–water partition coefficient (Wildman–Crippen LogP) is 4.84. The molecule has 26 heavy (non-hydrogen) atoms. The largest absolute Gasteiger partial charge is 0.497 e. The molecule has 0 aliphatic carbocycles. The number of nitrogens with one attached hydrogen (secondary N) is 1. The summed E-state index contributed by atoms with van der Waals surface area (Å²) in [5.74, 6) is 0.568. The van der Waals surface area contributed by atoms with Crippen molar-refractivity contribution in [3.05, 3.63) is 71.8 Å². The highest BCUT2D eigenvalue weighted by Gasteiger charge is 2.61.